The predicted molar refractivity (Wildman–Crippen MR) is 134 cm³/mol. The van der Waals surface area contributed by atoms with E-state index in [4.69, 9.17) is 4.74 Å². The number of hydrogen-bond acceptors (Lipinski definition) is 4. The Bertz CT molecular complexity index is 1030. The molecule has 3 amide bonds. The summed E-state index contributed by atoms with van der Waals surface area (Å²) >= 11 is 0. The molecule has 1 aromatic carbocycles. The maximum absolute atomic E-state index is 12.9. The number of rotatable bonds is 8. The summed E-state index contributed by atoms with van der Waals surface area (Å²) in [7, 11) is -1.14. The number of anilines is 1. The molecule has 34 heavy (non-hydrogen) atoms. The summed E-state index contributed by atoms with van der Waals surface area (Å²) in [6.07, 6.45) is 1.85. The van der Waals surface area contributed by atoms with Crippen LogP contribution in [0, 0.1) is 0 Å². The molecule has 2 aromatic rings. The minimum atomic E-state index is -1.14. The lowest BCUT2D eigenvalue weighted by Gasteiger charge is -2.34. The molecule has 2 fully saturated rings. The first-order chi connectivity index (χ1) is 16.2. The zero-order valence-electron chi connectivity index (χ0n) is 20.5. The van der Waals surface area contributed by atoms with Gasteiger partial charge in [0.15, 0.2) is 0 Å². The molecular formula is C24H35N5O4Si. The number of fused-ring (bicyclic) bond motifs is 1. The highest BCUT2D eigenvalue weighted by molar-refractivity contribution is 6.76. The van der Waals surface area contributed by atoms with E-state index in [9.17, 15) is 14.7 Å². The average Bonchev–Trinajstić information content (AvgIpc) is 3.36. The van der Waals surface area contributed by atoms with Crippen LogP contribution >= 0.6 is 0 Å². The van der Waals surface area contributed by atoms with E-state index in [1.165, 1.54) is 4.90 Å². The van der Waals surface area contributed by atoms with E-state index in [1.807, 2.05) is 30.5 Å². The quantitative estimate of drug-likeness (QED) is 0.450. The topological polar surface area (TPSA) is 91.1 Å². The highest BCUT2D eigenvalue weighted by Crippen LogP contribution is 2.29. The van der Waals surface area contributed by atoms with Crippen LogP contribution in [0.2, 0.25) is 25.7 Å². The lowest BCUT2D eigenvalue weighted by Crippen LogP contribution is -2.53. The lowest BCUT2D eigenvalue weighted by atomic mass is 10.1. The number of carboxylic acid groups (broad SMARTS) is 1. The molecule has 184 valence electrons. The predicted octanol–water partition coefficient (Wildman–Crippen LogP) is 4.03. The molecule has 1 atom stereocenters. The number of amides is 3. The Hall–Kier alpha value is -2.85. The van der Waals surface area contributed by atoms with E-state index in [1.54, 1.807) is 9.80 Å². The van der Waals surface area contributed by atoms with Gasteiger partial charge in [0, 0.05) is 64.0 Å². The van der Waals surface area contributed by atoms with Crippen LogP contribution in [0.1, 0.15) is 12.6 Å². The van der Waals surface area contributed by atoms with E-state index in [2.05, 4.69) is 36.1 Å². The highest BCUT2D eigenvalue weighted by Gasteiger charge is 2.42. The van der Waals surface area contributed by atoms with Gasteiger partial charge in [0.05, 0.1) is 6.04 Å². The van der Waals surface area contributed by atoms with Crippen LogP contribution in [0.3, 0.4) is 0 Å². The van der Waals surface area contributed by atoms with Crippen molar-refractivity contribution in [2.24, 2.45) is 0 Å². The van der Waals surface area contributed by atoms with E-state index in [0.717, 1.165) is 41.8 Å². The van der Waals surface area contributed by atoms with Crippen LogP contribution in [-0.2, 0) is 17.9 Å². The van der Waals surface area contributed by atoms with Gasteiger partial charge in [0.1, 0.15) is 12.6 Å². The summed E-state index contributed by atoms with van der Waals surface area (Å²) in [5.74, 6) is 0.860. The average molecular weight is 486 g/mol. The SMILES string of the molecule is CCc1cnc(-c2ccc(N3CC4CN(C(=O)O)CCN4C3=O)cc2)n1COCC[Si](C)(C)C. The van der Waals surface area contributed by atoms with Gasteiger partial charge in [-0.05, 0) is 36.7 Å². The van der Waals surface area contributed by atoms with Crippen LogP contribution in [-0.4, -0.2) is 83.5 Å². The van der Waals surface area contributed by atoms with Gasteiger partial charge in [0.2, 0.25) is 0 Å². The molecule has 1 aromatic heterocycles. The minimum Gasteiger partial charge on any atom is -0.465 e. The summed E-state index contributed by atoms with van der Waals surface area (Å²) in [5.41, 5.74) is 2.91. The van der Waals surface area contributed by atoms with Crippen LogP contribution < -0.4 is 4.90 Å². The molecule has 2 saturated heterocycles. The lowest BCUT2D eigenvalue weighted by molar-refractivity contribution is 0.0866. The number of aryl methyl sites for hydroxylation is 1. The Morgan fingerprint density at radius 2 is 1.91 bits per heavy atom. The molecule has 1 N–H and O–H groups in total. The maximum Gasteiger partial charge on any atom is 0.407 e. The van der Waals surface area contributed by atoms with Gasteiger partial charge in [-0.3, -0.25) is 4.90 Å². The number of urea groups is 1. The van der Waals surface area contributed by atoms with Gasteiger partial charge in [0.25, 0.3) is 0 Å². The molecule has 0 spiro atoms. The normalized spacial score (nSPS) is 18.5. The molecule has 4 rings (SSSR count). The van der Waals surface area contributed by atoms with Crippen molar-refractivity contribution in [3.8, 4) is 11.4 Å². The van der Waals surface area contributed by atoms with Crippen molar-refractivity contribution >= 4 is 25.9 Å². The number of benzene rings is 1. The Morgan fingerprint density at radius 1 is 1.18 bits per heavy atom. The van der Waals surface area contributed by atoms with Gasteiger partial charge in [-0.1, -0.05) is 26.6 Å². The standard InChI is InChI=1S/C24H35N5O4Si/c1-5-19-14-25-22(29(19)17-33-12-13-34(2,3)4)18-6-8-20(9-7-18)28-16-21-15-26(24(31)32)10-11-27(21)23(28)30/h6-9,14,21H,5,10-13,15-17H2,1-4H3,(H,31,32). The zero-order valence-corrected chi connectivity index (χ0v) is 21.5. The summed E-state index contributed by atoms with van der Waals surface area (Å²) in [4.78, 5) is 33.8. The summed E-state index contributed by atoms with van der Waals surface area (Å²) in [6.45, 7) is 12.0. The molecule has 0 bridgehead atoms. The molecule has 9 nitrogen and oxygen atoms in total. The number of piperazine rings is 1. The van der Waals surface area contributed by atoms with Gasteiger partial charge >= 0.3 is 12.1 Å². The van der Waals surface area contributed by atoms with Gasteiger partial charge < -0.3 is 24.2 Å². The number of imidazole rings is 1. The van der Waals surface area contributed by atoms with E-state index in [-0.39, 0.29) is 12.1 Å². The molecule has 0 saturated carbocycles. The second kappa shape index (κ2) is 9.79. The van der Waals surface area contributed by atoms with Crippen LogP contribution in [0.4, 0.5) is 15.3 Å². The molecule has 2 aliphatic rings. The first-order valence-corrected chi connectivity index (χ1v) is 15.7. The fourth-order valence-electron chi connectivity index (χ4n) is 4.49. The fraction of sp³-hybridized carbons (Fsp3) is 0.542. The van der Waals surface area contributed by atoms with Crippen molar-refractivity contribution in [3.05, 3.63) is 36.2 Å². The third-order valence-corrected chi connectivity index (χ3v) is 8.28. The van der Waals surface area contributed by atoms with Crippen molar-refractivity contribution in [1.82, 2.24) is 19.4 Å². The second-order valence-corrected chi connectivity index (χ2v) is 15.8. The number of aromatic nitrogens is 2. The van der Waals surface area contributed by atoms with E-state index in [0.29, 0.717) is 32.9 Å². The van der Waals surface area contributed by atoms with Crippen molar-refractivity contribution in [2.75, 3.05) is 37.7 Å². The Balaban J connectivity index is 1.46. The van der Waals surface area contributed by atoms with Crippen molar-refractivity contribution in [2.45, 2.75) is 51.8 Å². The minimum absolute atomic E-state index is 0.0617. The number of nitrogens with zero attached hydrogens (tertiary/aromatic N) is 5. The summed E-state index contributed by atoms with van der Waals surface area (Å²) in [6, 6.07) is 8.81. The van der Waals surface area contributed by atoms with Crippen LogP contribution in [0.5, 0.6) is 0 Å². The van der Waals surface area contributed by atoms with Crippen molar-refractivity contribution in [1.29, 1.82) is 0 Å². The van der Waals surface area contributed by atoms with Crippen LogP contribution in [0.15, 0.2) is 30.5 Å². The van der Waals surface area contributed by atoms with E-state index < -0.39 is 14.2 Å². The Kier molecular flexibility index (Phi) is 6.99. The Morgan fingerprint density at radius 3 is 2.56 bits per heavy atom. The molecule has 0 aliphatic carbocycles. The van der Waals surface area contributed by atoms with Gasteiger partial charge in [-0.2, -0.15) is 0 Å². The number of hydrogen-bond donors (Lipinski definition) is 1. The maximum atomic E-state index is 12.9. The first kappa shape index (κ1) is 24.3. The van der Waals surface area contributed by atoms with E-state index >= 15 is 0 Å². The monoisotopic (exact) mass is 485 g/mol. The smallest absolute Gasteiger partial charge is 0.407 e. The summed E-state index contributed by atoms with van der Waals surface area (Å²) in [5, 5.41) is 9.29. The third kappa shape index (κ3) is 5.12. The number of carbonyl (C=O) groups excluding carboxylic acids is 1. The Labute approximate surface area is 201 Å². The number of ether oxygens (including phenoxy) is 1. The molecule has 2 aliphatic heterocycles. The molecule has 10 heteroatoms. The second-order valence-electron chi connectivity index (χ2n) is 10.2. The summed E-state index contributed by atoms with van der Waals surface area (Å²) < 4.78 is 8.14. The number of carbonyl (C=O) groups is 2. The molecule has 0 radical (unpaired) electrons. The van der Waals surface area contributed by atoms with Gasteiger partial charge in [-0.15, -0.1) is 0 Å². The van der Waals surface area contributed by atoms with Crippen molar-refractivity contribution < 1.29 is 19.4 Å². The molecule has 3 heterocycles. The largest absolute Gasteiger partial charge is 0.465 e. The zero-order chi connectivity index (χ0) is 24.5. The first-order valence-electron chi connectivity index (χ1n) is 12.0. The third-order valence-electron chi connectivity index (χ3n) is 6.58. The molecule has 1 unspecified atom stereocenters. The van der Waals surface area contributed by atoms with Gasteiger partial charge in [-0.25, -0.2) is 14.6 Å². The van der Waals surface area contributed by atoms with Crippen LogP contribution in [0.25, 0.3) is 11.4 Å². The fourth-order valence-corrected chi connectivity index (χ4v) is 5.25. The highest BCUT2D eigenvalue weighted by atomic mass is 28.3. The molecular weight excluding hydrogens is 450 g/mol. The van der Waals surface area contributed by atoms with Crippen molar-refractivity contribution in [3.63, 3.8) is 0 Å².